The smallest absolute Gasteiger partial charge is 0.0963 e. The zero-order valence-electron chi connectivity index (χ0n) is 8.80. The van der Waals surface area contributed by atoms with Crippen molar-refractivity contribution in [3.63, 3.8) is 0 Å². The lowest BCUT2D eigenvalue weighted by atomic mass is 10.1. The molecule has 0 spiro atoms. The Hall–Kier alpha value is -0.570. The van der Waals surface area contributed by atoms with E-state index in [0.29, 0.717) is 5.92 Å². The van der Waals surface area contributed by atoms with Gasteiger partial charge in [0.25, 0.3) is 0 Å². The molecule has 0 aromatic rings. The summed E-state index contributed by atoms with van der Waals surface area (Å²) in [6.45, 7) is 3.95. The number of hydrogen-bond donors (Lipinski definition) is 1. The molecule has 0 aromatic carbocycles. The summed E-state index contributed by atoms with van der Waals surface area (Å²) in [5.74, 6) is 1.94. The molecule has 3 nitrogen and oxygen atoms in total. The molecule has 0 radical (unpaired) electrons. The van der Waals surface area contributed by atoms with Crippen molar-refractivity contribution in [3.05, 3.63) is 0 Å². The average Bonchev–Trinajstić information content (AvgIpc) is 2.58. The second-order valence-electron chi connectivity index (χ2n) is 4.25. The van der Waals surface area contributed by atoms with Crippen LogP contribution in [0.4, 0.5) is 0 Å². The van der Waals surface area contributed by atoms with E-state index in [1.54, 1.807) is 0 Å². The highest BCUT2D eigenvalue weighted by Crippen LogP contribution is 2.11. The number of hydrogen-bond acceptors (Lipinski definition) is 3. The maximum atomic E-state index is 5.34. The van der Waals surface area contributed by atoms with Gasteiger partial charge in [0, 0.05) is 32.0 Å². The van der Waals surface area contributed by atoms with E-state index in [0.717, 1.165) is 32.7 Å². The number of amidine groups is 1. The molecule has 1 unspecified atom stereocenters. The first-order valence-electron chi connectivity index (χ1n) is 5.80. The SMILES string of the molecule is C1CCN=C(NCC2CCOC2)CC1. The van der Waals surface area contributed by atoms with E-state index in [1.165, 1.54) is 31.5 Å². The number of rotatable bonds is 2. The van der Waals surface area contributed by atoms with Gasteiger partial charge in [-0.3, -0.25) is 4.99 Å². The fourth-order valence-electron chi connectivity index (χ4n) is 2.02. The zero-order chi connectivity index (χ0) is 9.64. The minimum Gasteiger partial charge on any atom is -0.381 e. The van der Waals surface area contributed by atoms with Gasteiger partial charge in [-0.15, -0.1) is 0 Å². The monoisotopic (exact) mass is 196 g/mol. The molecule has 80 valence electrons. The van der Waals surface area contributed by atoms with Crippen molar-refractivity contribution in [1.29, 1.82) is 0 Å². The van der Waals surface area contributed by atoms with Crippen LogP contribution in [0.2, 0.25) is 0 Å². The number of ether oxygens (including phenoxy) is 1. The molecule has 2 heterocycles. The van der Waals surface area contributed by atoms with Gasteiger partial charge in [-0.25, -0.2) is 0 Å². The van der Waals surface area contributed by atoms with Gasteiger partial charge in [0.1, 0.15) is 0 Å². The molecule has 0 bridgehead atoms. The van der Waals surface area contributed by atoms with Crippen LogP contribution >= 0.6 is 0 Å². The third-order valence-corrected chi connectivity index (χ3v) is 2.99. The summed E-state index contributed by atoms with van der Waals surface area (Å²) in [4.78, 5) is 4.55. The minimum absolute atomic E-state index is 0.709. The summed E-state index contributed by atoms with van der Waals surface area (Å²) in [7, 11) is 0. The highest BCUT2D eigenvalue weighted by Gasteiger charge is 2.15. The minimum atomic E-state index is 0.709. The van der Waals surface area contributed by atoms with Crippen LogP contribution in [-0.2, 0) is 4.74 Å². The predicted octanol–water partition coefficient (Wildman–Crippen LogP) is 1.58. The standard InChI is InChI=1S/C11H20N2O/c1-2-4-11(12-6-3-1)13-8-10-5-7-14-9-10/h10H,1-9H2,(H,12,13). The van der Waals surface area contributed by atoms with Crippen molar-refractivity contribution in [2.75, 3.05) is 26.3 Å². The van der Waals surface area contributed by atoms with E-state index < -0.39 is 0 Å². The molecule has 0 aliphatic carbocycles. The molecule has 1 fully saturated rings. The van der Waals surface area contributed by atoms with E-state index in [2.05, 4.69) is 10.3 Å². The Morgan fingerprint density at radius 1 is 1.36 bits per heavy atom. The molecule has 1 atom stereocenters. The van der Waals surface area contributed by atoms with E-state index in [4.69, 9.17) is 4.74 Å². The number of nitrogens with zero attached hydrogens (tertiary/aromatic N) is 1. The lowest BCUT2D eigenvalue weighted by Crippen LogP contribution is -2.29. The summed E-state index contributed by atoms with van der Waals surface area (Å²) in [5.41, 5.74) is 0. The van der Waals surface area contributed by atoms with E-state index in [-0.39, 0.29) is 0 Å². The number of aliphatic imine (C=N–C) groups is 1. The van der Waals surface area contributed by atoms with Crippen LogP contribution in [-0.4, -0.2) is 32.1 Å². The molecular weight excluding hydrogens is 176 g/mol. The molecule has 2 rings (SSSR count). The summed E-state index contributed by atoms with van der Waals surface area (Å²) in [6.07, 6.45) is 6.25. The van der Waals surface area contributed by atoms with Gasteiger partial charge in [-0.2, -0.15) is 0 Å². The predicted molar refractivity (Wildman–Crippen MR) is 57.7 cm³/mol. The van der Waals surface area contributed by atoms with Crippen LogP contribution in [0.15, 0.2) is 4.99 Å². The van der Waals surface area contributed by atoms with Crippen molar-refractivity contribution in [3.8, 4) is 0 Å². The topological polar surface area (TPSA) is 33.6 Å². The van der Waals surface area contributed by atoms with Gasteiger partial charge < -0.3 is 10.1 Å². The Balaban J connectivity index is 1.70. The molecule has 1 saturated heterocycles. The van der Waals surface area contributed by atoms with Crippen molar-refractivity contribution in [2.45, 2.75) is 32.1 Å². The molecule has 14 heavy (non-hydrogen) atoms. The highest BCUT2D eigenvalue weighted by molar-refractivity contribution is 5.82. The maximum absolute atomic E-state index is 5.34. The van der Waals surface area contributed by atoms with Gasteiger partial charge in [-0.05, 0) is 19.3 Å². The van der Waals surface area contributed by atoms with Gasteiger partial charge >= 0.3 is 0 Å². The normalized spacial score (nSPS) is 28.3. The van der Waals surface area contributed by atoms with Crippen LogP contribution in [0.3, 0.4) is 0 Å². The first-order valence-corrected chi connectivity index (χ1v) is 5.80. The molecule has 2 aliphatic heterocycles. The fraction of sp³-hybridized carbons (Fsp3) is 0.909. The van der Waals surface area contributed by atoms with Crippen molar-refractivity contribution in [1.82, 2.24) is 5.32 Å². The molecule has 1 N–H and O–H groups in total. The molecule has 0 amide bonds. The van der Waals surface area contributed by atoms with Gasteiger partial charge in [0.2, 0.25) is 0 Å². The lowest BCUT2D eigenvalue weighted by Gasteiger charge is -2.11. The van der Waals surface area contributed by atoms with Crippen molar-refractivity contribution >= 4 is 5.84 Å². The molecular formula is C11H20N2O. The number of nitrogens with one attached hydrogen (secondary N) is 1. The van der Waals surface area contributed by atoms with Gasteiger partial charge in [0.15, 0.2) is 0 Å². The van der Waals surface area contributed by atoms with Crippen molar-refractivity contribution < 1.29 is 4.74 Å². The second-order valence-corrected chi connectivity index (χ2v) is 4.25. The molecule has 3 heteroatoms. The summed E-state index contributed by atoms with van der Waals surface area (Å²) < 4.78 is 5.34. The first kappa shape index (κ1) is 9.97. The fourth-order valence-corrected chi connectivity index (χ4v) is 2.02. The third-order valence-electron chi connectivity index (χ3n) is 2.99. The molecule has 0 saturated carbocycles. The Bertz CT molecular complexity index is 197. The summed E-state index contributed by atoms with van der Waals surface area (Å²) in [6, 6.07) is 0. The Kier molecular flexibility index (Phi) is 3.80. The van der Waals surface area contributed by atoms with Crippen LogP contribution < -0.4 is 5.32 Å². The molecule has 2 aliphatic rings. The van der Waals surface area contributed by atoms with Gasteiger partial charge in [-0.1, -0.05) is 6.42 Å². The van der Waals surface area contributed by atoms with E-state index >= 15 is 0 Å². The summed E-state index contributed by atoms with van der Waals surface area (Å²) >= 11 is 0. The van der Waals surface area contributed by atoms with Crippen LogP contribution in [0.25, 0.3) is 0 Å². The summed E-state index contributed by atoms with van der Waals surface area (Å²) in [5, 5.41) is 3.47. The average molecular weight is 196 g/mol. The van der Waals surface area contributed by atoms with E-state index in [1.807, 2.05) is 0 Å². The van der Waals surface area contributed by atoms with Crippen LogP contribution in [0, 0.1) is 5.92 Å². The zero-order valence-corrected chi connectivity index (χ0v) is 8.80. The quantitative estimate of drug-likeness (QED) is 0.727. The Morgan fingerprint density at radius 3 is 3.21 bits per heavy atom. The second kappa shape index (κ2) is 5.35. The lowest BCUT2D eigenvalue weighted by molar-refractivity contribution is 0.186. The maximum Gasteiger partial charge on any atom is 0.0963 e. The van der Waals surface area contributed by atoms with Crippen LogP contribution in [0.1, 0.15) is 32.1 Å². The van der Waals surface area contributed by atoms with Crippen molar-refractivity contribution in [2.24, 2.45) is 10.9 Å². The van der Waals surface area contributed by atoms with E-state index in [9.17, 15) is 0 Å². The largest absolute Gasteiger partial charge is 0.381 e. The Labute approximate surface area is 85.9 Å². The highest BCUT2D eigenvalue weighted by atomic mass is 16.5. The third kappa shape index (κ3) is 2.98. The molecule has 0 aromatic heterocycles. The van der Waals surface area contributed by atoms with Gasteiger partial charge in [0.05, 0.1) is 12.4 Å². The van der Waals surface area contributed by atoms with Crippen LogP contribution in [0.5, 0.6) is 0 Å². The Morgan fingerprint density at radius 2 is 2.36 bits per heavy atom. The first-order chi connectivity index (χ1) is 6.95.